The fourth-order valence-electron chi connectivity index (χ4n) is 1.68. The van der Waals surface area contributed by atoms with E-state index in [1.807, 2.05) is 26.0 Å². The van der Waals surface area contributed by atoms with Gasteiger partial charge in [-0.2, -0.15) is 0 Å². The van der Waals surface area contributed by atoms with E-state index in [0.717, 1.165) is 5.56 Å². The summed E-state index contributed by atoms with van der Waals surface area (Å²) in [7, 11) is 0. The Morgan fingerprint density at radius 3 is 2.76 bits per heavy atom. The second-order valence-corrected chi connectivity index (χ2v) is 4.65. The number of nitrogens with zero attached hydrogens (tertiary/aromatic N) is 3. The van der Waals surface area contributed by atoms with Gasteiger partial charge in [-0.05, 0) is 35.9 Å². The molecule has 0 spiro atoms. The Labute approximate surface area is 122 Å². The molecule has 1 N–H and O–H groups in total. The van der Waals surface area contributed by atoms with Crippen molar-refractivity contribution in [3.8, 4) is 5.88 Å². The minimum Gasteiger partial charge on any atom is -0.475 e. The highest BCUT2D eigenvalue weighted by atomic mass is 16.6. The van der Waals surface area contributed by atoms with E-state index in [0.29, 0.717) is 18.1 Å². The summed E-state index contributed by atoms with van der Waals surface area (Å²) in [6.45, 7) is 4.37. The molecule has 2 rings (SSSR count). The first-order valence-corrected chi connectivity index (χ1v) is 6.51. The smallest absolute Gasteiger partial charge is 0.363 e. The second-order valence-electron chi connectivity index (χ2n) is 4.65. The number of hydrogen-bond donors (Lipinski definition) is 1. The highest BCUT2D eigenvalue weighted by Crippen LogP contribution is 2.18. The monoisotopic (exact) mass is 288 g/mol. The molecule has 0 atom stereocenters. The Bertz CT molecular complexity index is 614. The van der Waals surface area contributed by atoms with Gasteiger partial charge in [-0.3, -0.25) is 0 Å². The van der Waals surface area contributed by atoms with E-state index in [1.54, 1.807) is 12.3 Å². The van der Waals surface area contributed by atoms with Crippen LogP contribution in [0.1, 0.15) is 19.4 Å². The molecule has 0 aliphatic heterocycles. The molecule has 2 aromatic rings. The molecule has 2 aromatic heterocycles. The zero-order valence-corrected chi connectivity index (χ0v) is 11.8. The molecule has 0 bridgehead atoms. The van der Waals surface area contributed by atoms with Crippen LogP contribution in [0.5, 0.6) is 5.88 Å². The predicted molar refractivity (Wildman–Crippen MR) is 78.2 cm³/mol. The van der Waals surface area contributed by atoms with Crippen molar-refractivity contribution in [3.63, 3.8) is 0 Å². The van der Waals surface area contributed by atoms with Crippen molar-refractivity contribution in [2.75, 3.05) is 5.32 Å². The Morgan fingerprint density at radius 2 is 2.14 bits per heavy atom. The van der Waals surface area contributed by atoms with Gasteiger partial charge in [-0.15, -0.1) is 0 Å². The van der Waals surface area contributed by atoms with Gasteiger partial charge in [-0.25, -0.2) is 4.98 Å². The van der Waals surface area contributed by atoms with Gasteiger partial charge in [0.1, 0.15) is 0 Å². The summed E-state index contributed by atoms with van der Waals surface area (Å²) >= 11 is 0. The van der Waals surface area contributed by atoms with Crippen LogP contribution in [-0.4, -0.2) is 21.0 Å². The maximum Gasteiger partial charge on any atom is 0.363 e. The lowest BCUT2D eigenvalue weighted by atomic mass is 10.2. The van der Waals surface area contributed by atoms with E-state index in [9.17, 15) is 10.1 Å². The number of anilines is 1. The van der Waals surface area contributed by atoms with Gasteiger partial charge in [0, 0.05) is 24.4 Å². The van der Waals surface area contributed by atoms with E-state index in [4.69, 9.17) is 4.74 Å². The maximum atomic E-state index is 10.5. The number of ether oxygens (including phenoxy) is 1. The molecule has 0 saturated heterocycles. The van der Waals surface area contributed by atoms with Crippen molar-refractivity contribution in [3.05, 3.63) is 52.3 Å². The topological polar surface area (TPSA) is 90.2 Å². The molecule has 0 fully saturated rings. The lowest BCUT2D eigenvalue weighted by Gasteiger charge is -2.13. The third kappa shape index (κ3) is 4.13. The first kappa shape index (κ1) is 14.7. The molecular formula is C14H16N4O3. The fraction of sp³-hybridized carbons (Fsp3) is 0.286. The molecular weight excluding hydrogens is 272 g/mol. The van der Waals surface area contributed by atoms with E-state index < -0.39 is 4.92 Å². The Hall–Kier alpha value is -2.70. The summed E-state index contributed by atoms with van der Waals surface area (Å²) in [4.78, 5) is 18.0. The maximum absolute atomic E-state index is 10.5. The summed E-state index contributed by atoms with van der Waals surface area (Å²) in [6.07, 6.45) is 3.14. The van der Waals surface area contributed by atoms with Crippen LogP contribution < -0.4 is 10.1 Å². The van der Waals surface area contributed by atoms with Crippen molar-refractivity contribution in [2.45, 2.75) is 26.5 Å². The average molecular weight is 288 g/mol. The van der Waals surface area contributed by atoms with Crippen LogP contribution in [0.25, 0.3) is 0 Å². The van der Waals surface area contributed by atoms with Crippen molar-refractivity contribution in [1.29, 1.82) is 0 Å². The van der Waals surface area contributed by atoms with Crippen molar-refractivity contribution in [1.82, 2.24) is 9.97 Å². The van der Waals surface area contributed by atoms with E-state index in [1.165, 1.54) is 12.3 Å². The molecule has 0 amide bonds. The molecule has 0 aromatic carbocycles. The summed E-state index contributed by atoms with van der Waals surface area (Å²) in [6, 6.07) is 6.72. The highest BCUT2D eigenvalue weighted by Gasteiger charge is 2.09. The Kier molecular flexibility index (Phi) is 4.65. The van der Waals surface area contributed by atoms with Gasteiger partial charge >= 0.3 is 5.82 Å². The number of rotatable bonds is 6. The molecule has 110 valence electrons. The van der Waals surface area contributed by atoms with Gasteiger partial charge in [0.05, 0.1) is 11.8 Å². The molecule has 0 aliphatic carbocycles. The van der Waals surface area contributed by atoms with Crippen LogP contribution in [0.2, 0.25) is 0 Å². The van der Waals surface area contributed by atoms with Crippen LogP contribution in [-0.2, 0) is 6.54 Å². The highest BCUT2D eigenvalue weighted by molar-refractivity contribution is 5.44. The fourth-order valence-corrected chi connectivity index (χ4v) is 1.68. The van der Waals surface area contributed by atoms with E-state index in [2.05, 4.69) is 15.3 Å². The Morgan fingerprint density at radius 1 is 1.33 bits per heavy atom. The summed E-state index contributed by atoms with van der Waals surface area (Å²) in [5, 5.41) is 13.7. The lowest BCUT2D eigenvalue weighted by Crippen LogP contribution is -2.10. The van der Waals surface area contributed by atoms with Gasteiger partial charge < -0.3 is 20.2 Å². The first-order chi connectivity index (χ1) is 10.1. The predicted octanol–water partition coefficient (Wildman–Crippen LogP) is 2.78. The zero-order valence-electron chi connectivity index (χ0n) is 11.8. The second kappa shape index (κ2) is 6.65. The number of pyridine rings is 2. The van der Waals surface area contributed by atoms with Gasteiger partial charge in [-0.1, -0.05) is 6.07 Å². The minimum absolute atomic E-state index is 0.0414. The average Bonchev–Trinajstić information content (AvgIpc) is 2.46. The number of hydrogen-bond acceptors (Lipinski definition) is 6. The molecule has 0 saturated carbocycles. The first-order valence-electron chi connectivity index (χ1n) is 6.51. The van der Waals surface area contributed by atoms with Crippen LogP contribution in [0.15, 0.2) is 36.7 Å². The molecule has 7 nitrogen and oxygen atoms in total. The third-order valence-electron chi connectivity index (χ3n) is 2.62. The van der Waals surface area contributed by atoms with E-state index in [-0.39, 0.29) is 11.9 Å². The van der Waals surface area contributed by atoms with Crippen LogP contribution in [0, 0.1) is 10.1 Å². The molecule has 21 heavy (non-hydrogen) atoms. The van der Waals surface area contributed by atoms with Crippen LogP contribution >= 0.6 is 0 Å². The van der Waals surface area contributed by atoms with Gasteiger partial charge in [0.25, 0.3) is 0 Å². The van der Waals surface area contributed by atoms with E-state index >= 15 is 0 Å². The summed E-state index contributed by atoms with van der Waals surface area (Å²) in [5.41, 5.74) is 1.60. The third-order valence-corrected chi connectivity index (χ3v) is 2.62. The summed E-state index contributed by atoms with van der Waals surface area (Å²) < 4.78 is 5.63. The van der Waals surface area contributed by atoms with Crippen LogP contribution in [0.3, 0.4) is 0 Å². The molecule has 0 aliphatic rings. The lowest BCUT2D eigenvalue weighted by molar-refractivity contribution is -0.389. The van der Waals surface area contributed by atoms with Crippen LogP contribution in [0.4, 0.5) is 11.5 Å². The largest absolute Gasteiger partial charge is 0.475 e. The zero-order chi connectivity index (χ0) is 15.2. The SMILES string of the molecule is CC(C)Oc1ncccc1CNc1ccc([N+](=O)[O-])nc1. The van der Waals surface area contributed by atoms with Crippen molar-refractivity contribution < 1.29 is 9.66 Å². The summed E-state index contributed by atoms with van der Waals surface area (Å²) in [5.74, 6) is 0.403. The minimum atomic E-state index is -0.528. The molecule has 2 heterocycles. The number of nitro groups is 1. The standard InChI is InChI=1S/C14H16N4O3/c1-10(2)21-14-11(4-3-7-15-14)8-16-12-5-6-13(17-9-12)18(19)20/h3-7,9-10,16H,8H2,1-2H3. The number of nitrogens with one attached hydrogen (secondary N) is 1. The van der Waals surface area contributed by atoms with Crippen molar-refractivity contribution in [2.24, 2.45) is 0 Å². The quantitative estimate of drug-likeness (QED) is 0.649. The normalized spacial score (nSPS) is 10.4. The molecule has 0 unspecified atom stereocenters. The van der Waals surface area contributed by atoms with Crippen molar-refractivity contribution >= 4 is 11.5 Å². The van der Waals surface area contributed by atoms with Gasteiger partial charge in [0.2, 0.25) is 5.88 Å². The number of aromatic nitrogens is 2. The molecule has 0 radical (unpaired) electrons. The molecule has 7 heteroatoms. The Balaban J connectivity index is 2.04. The van der Waals surface area contributed by atoms with Gasteiger partial charge in [0.15, 0.2) is 6.20 Å².